The Kier molecular flexibility index (Phi) is 10.1. The third-order valence-corrected chi connectivity index (χ3v) is 1.07. The van der Waals surface area contributed by atoms with E-state index in [1.165, 1.54) is 13.2 Å². The molecule has 0 spiro atoms. The van der Waals surface area contributed by atoms with Crippen LogP contribution < -0.4 is 45.1 Å². The van der Waals surface area contributed by atoms with E-state index in [2.05, 4.69) is 14.7 Å². The van der Waals surface area contributed by atoms with Crippen LogP contribution in [-0.4, -0.2) is 24.2 Å². The summed E-state index contributed by atoms with van der Waals surface area (Å²) in [4.78, 5) is 7.42. The fraction of sp³-hybridized carbons (Fsp3) is 0.333. The normalized spacial score (nSPS) is 7.69. The summed E-state index contributed by atoms with van der Waals surface area (Å²) < 4.78 is 4.69. The van der Waals surface area contributed by atoms with Gasteiger partial charge in [-0.1, -0.05) is 11.6 Å². The molecule has 0 aliphatic heterocycles. The molecule has 0 aliphatic carbocycles. The molecule has 0 atom stereocenters. The van der Waals surface area contributed by atoms with Crippen LogP contribution in [0.1, 0.15) is 0 Å². The van der Waals surface area contributed by atoms with E-state index >= 15 is 0 Å². The number of anilines is 1. The molecule has 2 N–H and O–H groups in total. The molecule has 5 nitrogen and oxygen atoms in total. The minimum absolute atomic E-state index is 0. The molecule has 0 amide bonds. The summed E-state index contributed by atoms with van der Waals surface area (Å²) >= 11 is 5.52. The SMILES string of the molecule is COc1nc(N)cc(Cl)n1.C[O-].[Na+]. The van der Waals surface area contributed by atoms with Gasteiger partial charge in [-0.25, -0.2) is 0 Å². The number of nitrogens with two attached hydrogens (primary N) is 1. The predicted molar refractivity (Wildman–Crippen MR) is 43.9 cm³/mol. The number of aromatic nitrogens is 2. The van der Waals surface area contributed by atoms with E-state index in [-0.39, 0.29) is 40.7 Å². The number of methoxy groups -OCH3 is 1. The van der Waals surface area contributed by atoms with Gasteiger partial charge in [0.15, 0.2) is 0 Å². The Labute approximate surface area is 104 Å². The van der Waals surface area contributed by atoms with Gasteiger partial charge in [0, 0.05) is 6.07 Å². The van der Waals surface area contributed by atoms with Crippen molar-refractivity contribution in [3.05, 3.63) is 11.2 Å². The quantitative estimate of drug-likeness (QED) is 0.390. The number of hydrogen-bond donors (Lipinski definition) is 1. The zero-order valence-corrected chi connectivity index (χ0v) is 10.5. The number of nitrogen functional groups attached to an aromatic ring is 1. The molecule has 0 saturated carbocycles. The number of halogens is 1. The first-order chi connectivity index (χ1) is 5.72. The summed E-state index contributed by atoms with van der Waals surface area (Å²) in [5.41, 5.74) is 5.32. The van der Waals surface area contributed by atoms with Crippen molar-refractivity contribution in [2.75, 3.05) is 20.0 Å². The van der Waals surface area contributed by atoms with Crippen LogP contribution in [0, 0.1) is 0 Å². The van der Waals surface area contributed by atoms with E-state index in [0.29, 0.717) is 5.82 Å². The van der Waals surface area contributed by atoms with Crippen LogP contribution in [0.4, 0.5) is 5.82 Å². The standard InChI is InChI=1S/C5H6ClN3O.CH3O.Na/c1-10-5-8-3(6)2-4(7)9-5;1-2;/h2H,1H3,(H2,7,8,9);1H3;/q;-1;+1. The van der Waals surface area contributed by atoms with Crippen LogP contribution in [-0.2, 0) is 0 Å². The van der Waals surface area contributed by atoms with Crippen LogP contribution in [0.5, 0.6) is 6.01 Å². The second kappa shape index (κ2) is 8.52. The van der Waals surface area contributed by atoms with Crippen molar-refractivity contribution >= 4 is 17.4 Å². The Hall–Kier alpha value is -0.0700. The average Bonchev–Trinajstić information content (AvgIpc) is 2.06. The average molecular weight is 214 g/mol. The summed E-state index contributed by atoms with van der Waals surface area (Å²) in [6.07, 6.45) is 0. The second-order valence-electron chi connectivity index (χ2n) is 1.60. The maximum absolute atomic E-state index is 8.25. The number of nitrogens with zero attached hydrogens (tertiary/aromatic N) is 2. The van der Waals surface area contributed by atoms with Crippen LogP contribution >= 0.6 is 11.6 Å². The van der Waals surface area contributed by atoms with Gasteiger partial charge in [0.2, 0.25) is 0 Å². The van der Waals surface area contributed by atoms with Crippen molar-refractivity contribution < 1.29 is 39.4 Å². The predicted octanol–water partition coefficient (Wildman–Crippen LogP) is -3.30. The molecule has 1 aromatic heterocycles. The van der Waals surface area contributed by atoms with Crippen molar-refractivity contribution in [2.24, 2.45) is 0 Å². The molecule has 0 bridgehead atoms. The maximum Gasteiger partial charge on any atom is 1.00 e. The molecule has 1 aromatic rings. The summed E-state index contributed by atoms with van der Waals surface area (Å²) in [5.74, 6) is 0.303. The van der Waals surface area contributed by atoms with Gasteiger partial charge in [-0.2, -0.15) is 17.1 Å². The minimum Gasteiger partial charge on any atom is -0.857 e. The Bertz CT molecular complexity index is 229. The summed E-state index contributed by atoms with van der Waals surface area (Å²) in [6, 6.07) is 1.63. The van der Waals surface area contributed by atoms with Crippen LogP contribution in [0.2, 0.25) is 5.15 Å². The number of ether oxygens (including phenoxy) is 1. The molecule has 7 heteroatoms. The Morgan fingerprint density at radius 2 is 2.00 bits per heavy atom. The number of hydrogen-bond acceptors (Lipinski definition) is 5. The molecule has 0 saturated heterocycles. The molecular weight excluding hydrogens is 205 g/mol. The molecule has 1 rings (SSSR count). The summed E-state index contributed by atoms with van der Waals surface area (Å²) in [5, 5.41) is 8.53. The molecule has 1 heterocycles. The zero-order valence-electron chi connectivity index (χ0n) is 7.74. The molecular formula is C6H9ClN3NaO2. The van der Waals surface area contributed by atoms with E-state index < -0.39 is 0 Å². The first-order valence-electron chi connectivity index (χ1n) is 2.97. The van der Waals surface area contributed by atoms with Gasteiger partial charge in [-0.15, -0.1) is 0 Å². The topological polar surface area (TPSA) is 84.1 Å². The largest absolute Gasteiger partial charge is 1.00 e. The van der Waals surface area contributed by atoms with Gasteiger partial charge >= 0.3 is 35.6 Å². The molecule has 0 aliphatic rings. The van der Waals surface area contributed by atoms with Gasteiger partial charge < -0.3 is 15.6 Å². The smallest absolute Gasteiger partial charge is 0.857 e. The second-order valence-corrected chi connectivity index (χ2v) is 1.99. The molecule has 0 unspecified atom stereocenters. The first-order valence-corrected chi connectivity index (χ1v) is 3.35. The third-order valence-electron chi connectivity index (χ3n) is 0.877. The minimum atomic E-state index is 0. The fourth-order valence-corrected chi connectivity index (χ4v) is 0.689. The monoisotopic (exact) mass is 213 g/mol. The van der Waals surface area contributed by atoms with Crippen molar-refractivity contribution in [1.82, 2.24) is 9.97 Å². The first kappa shape index (κ1) is 15.4. The molecule has 68 valence electrons. The van der Waals surface area contributed by atoms with Gasteiger partial charge in [0.25, 0.3) is 0 Å². The van der Waals surface area contributed by atoms with Gasteiger partial charge in [-0.05, 0) is 0 Å². The van der Waals surface area contributed by atoms with E-state index in [1.807, 2.05) is 0 Å². The number of rotatable bonds is 1. The Balaban J connectivity index is 0. The Morgan fingerprint density at radius 1 is 1.46 bits per heavy atom. The van der Waals surface area contributed by atoms with E-state index in [4.69, 9.17) is 22.4 Å². The van der Waals surface area contributed by atoms with Gasteiger partial charge in [0.1, 0.15) is 11.0 Å². The van der Waals surface area contributed by atoms with E-state index in [9.17, 15) is 0 Å². The maximum atomic E-state index is 8.25. The van der Waals surface area contributed by atoms with Crippen molar-refractivity contribution in [3.63, 3.8) is 0 Å². The zero-order chi connectivity index (χ0) is 9.56. The Morgan fingerprint density at radius 3 is 2.38 bits per heavy atom. The summed E-state index contributed by atoms with van der Waals surface area (Å²) in [6.45, 7) is 0. The summed E-state index contributed by atoms with van der Waals surface area (Å²) in [7, 11) is 2.20. The van der Waals surface area contributed by atoms with Crippen LogP contribution in [0.15, 0.2) is 6.07 Å². The van der Waals surface area contributed by atoms with Crippen LogP contribution in [0.25, 0.3) is 0 Å². The molecule has 0 aromatic carbocycles. The molecule has 0 radical (unpaired) electrons. The van der Waals surface area contributed by atoms with Crippen molar-refractivity contribution in [3.8, 4) is 6.01 Å². The molecule has 0 fully saturated rings. The fourth-order valence-electron chi connectivity index (χ4n) is 0.505. The van der Waals surface area contributed by atoms with Crippen molar-refractivity contribution in [2.45, 2.75) is 0 Å². The van der Waals surface area contributed by atoms with Gasteiger partial charge in [0.05, 0.1) is 7.11 Å². The third kappa shape index (κ3) is 6.06. The van der Waals surface area contributed by atoms with Crippen LogP contribution in [0.3, 0.4) is 0 Å². The molecule has 13 heavy (non-hydrogen) atoms. The van der Waals surface area contributed by atoms with E-state index in [0.717, 1.165) is 7.11 Å². The van der Waals surface area contributed by atoms with Gasteiger partial charge in [-0.3, -0.25) is 0 Å². The van der Waals surface area contributed by atoms with Crippen molar-refractivity contribution in [1.29, 1.82) is 0 Å². The van der Waals surface area contributed by atoms with E-state index in [1.54, 1.807) is 0 Å².